The molecule has 0 unspecified atom stereocenters. The van der Waals surface area contributed by atoms with Gasteiger partial charge in [0.15, 0.2) is 0 Å². The van der Waals surface area contributed by atoms with E-state index in [0.29, 0.717) is 23.7 Å². The Kier molecular flexibility index (Phi) is 6.97. The summed E-state index contributed by atoms with van der Waals surface area (Å²) in [6, 6.07) is 20.4. The molecule has 3 aromatic carbocycles. The Morgan fingerprint density at radius 3 is 2.29 bits per heavy atom. The fraction of sp³-hybridized carbons (Fsp3) is 0.208. The monoisotopic (exact) mass is 438 g/mol. The first-order valence-corrected chi connectivity index (χ1v) is 11.4. The zero-order valence-electron chi connectivity index (χ0n) is 17.8. The van der Waals surface area contributed by atoms with Gasteiger partial charge in [0.2, 0.25) is 5.91 Å². The molecular weight excluding hydrogens is 412 g/mol. The normalized spacial score (nSPS) is 11.1. The third-order valence-corrected chi connectivity index (χ3v) is 6.62. The fourth-order valence-corrected chi connectivity index (χ4v) is 4.56. The maximum atomic E-state index is 13.5. The maximum Gasteiger partial charge on any atom is 0.264 e. The summed E-state index contributed by atoms with van der Waals surface area (Å²) in [5.74, 6) is -0.0578. The highest BCUT2D eigenvalue weighted by atomic mass is 32.2. The maximum absolute atomic E-state index is 13.5. The molecule has 0 saturated carbocycles. The lowest BCUT2D eigenvalue weighted by molar-refractivity contribution is -0.114. The predicted octanol–water partition coefficient (Wildman–Crippen LogP) is 4.54. The smallest absolute Gasteiger partial charge is 0.264 e. The summed E-state index contributed by atoms with van der Waals surface area (Å²) in [7, 11) is -4.00. The zero-order chi connectivity index (χ0) is 22.4. The van der Waals surface area contributed by atoms with E-state index in [1.165, 1.54) is 12.1 Å². The van der Waals surface area contributed by atoms with E-state index in [0.717, 1.165) is 15.4 Å². The van der Waals surface area contributed by atoms with Gasteiger partial charge in [-0.3, -0.25) is 9.10 Å². The summed E-state index contributed by atoms with van der Waals surface area (Å²) in [4.78, 5) is 13.0. The predicted molar refractivity (Wildman–Crippen MR) is 123 cm³/mol. The molecule has 0 heterocycles. The first kappa shape index (κ1) is 22.4. The number of aryl methyl sites for hydroxylation is 2. The molecule has 3 rings (SSSR count). The van der Waals surface area contributed by atoms with Crippen LogP contribution in [0.1, 0.15) is 18.1 Å². The molecule has 7 heteroatoms. The molecule has 0 aliphatic rings. The number of benzene rings is 3. The topological polar surface area (TPSA) is 75.7 Å². The Hall–Kier alpha value is -3.32. The van der Waals surface area contributed by atoms with E-state index in [-0.39, 0.29) is 4.90 Å². The molecule has 0 aliphatic heterocycles. The van der Waals surface area contributed by atoms with Crippen molar-refractivity contribution in [3.8, 4) is 5.75 Å². The Labute approximate surface area is 183 Å². The van der Waals surface area contributed by atoms with Gasteiger partial charge in [0, 0.05) is 5.69 Å². The third-order valence-electron chi connectivity index (χ3n) is 4.84. The Morgan fingerprint density at radius 1 is 0.935 bits per heavy atom. The number of carbonyl (C=O) groups excluding carboxylic acids is 1. The highest BCUT2D eigenvalue weighted by Gasteiger charge is 2.29. The van der Waals surface area contributed by atoms with Crippen LogP contribution in [0, 0.1) is 13.8 Å². The van der Waals surface area contributed by atoms with Crippen molar-refractivity contribution in [2.75, 3.05) is 22.8 Å². The third kappa shape index (κ3) is 5.24. The van der Waals surface area contributed by atoms with E-state index in [4.69, 9.17) is 4.74 Å². The van der Waals surface area contributed by atoms with Crippen molar-refractivity contribution >= 4 is 27.3 Å². The lowest BCUT2D eigenvalue weighted by Gasteiger charge is -2.26. The van der Waals surface area contributed by atoms with Crippen LogP contribution in [0.3, 0.4) is 0 Å². The van der Waals surface area contributed by atoms with Crippen LogP contribution >= 0.6 is 0 Å². The molecule has 0 aromatic heterocycles. The van der Waals surface area contributed by atoms with E-state index in [1.807, 2.05) is 32.9 Å². The number of para-hydroxylation sites is 2. The second-order valence-corrected chi connectivity index (χ2v) is 8.93. The van der Waals surface area contributed by atoms with E-state index < -0.39 is 22.5 Å². The molecule has 0 radical (unpaired) electrons. The Bertz CT molecular complexity index is 1160. The second-order valence-electron chi connectivity index (χ2n) is 7.07. The van der Waals surface area contributed by atoms with Crippen LogP contribution in [0.2, 0.25) is 0 Å². The quantitative estimate of drug-likeness (QED) is 0.560. The van der Waals surface area contributed by atoms with Crippen molar-refractivity contribution in [3.05, 3.63) is 83.9 Å². The molecule has 0 bridgehead atoms. The number of carbonyl (C=O) groups is 1. The molecule has 1 amide bonds. The minimum absolute atomic E-state index is 0.0975. The summed E-state index contributed by atoms with van der Waals surface area (Å²) in [5.41, 5.74) is 3.07. The van der Waals surface area contributed by atoms with Gasteiger partial charge in [-0.25, -0.2) is 8.42 Å². The standard InChI is InChI=1S/C24H26N2O4S/c1-4-30-23-13-9-8-12-22(23)26(31(28,29)21-10-6-5-7-11-21)17-24(27)25-20-15-14-18(2)19(3)16-20/h5-16H,4,17H2,1-3H3,(H,25,27). The molecular formula is C24H26N2O4S. The van der Waals surface area contributed by atoms with E-state index >= 15 is 0 Å². The van der Waals surface area contributed by atoms with Crippen molar-refractivity contribution in [3.63, 3.8) is 0 Å². The molecule has 0 fully saturated rings. The van der Waals surface area contributed by atoms with Crippen LogP contribution < -0.4 is 14.4 Å². The summed E-state index contributed by atoms with van der Waals surface area (Å²) < 4.78 is 33.7. The van der Waals surface area contributed by atoms with Crippen molar-refractivity contribution in [2.45, 2.75) is 25.7 Å². The van der Waals surface area contributed by atoms with Gasteiger partial charge in [-0.15, -0.1) is 0 Å². The van der Waals surface area contributed by atoms with Gasteiger partial charge < -0.3 is 10.1 Å². The summed E-state index contributed by atoms with van der Waals surface area (Å²) in [5, 5.41) is 2.80. The summed E-state index contributed by atoms with van der Waals surface area (Å²) in [6.07, 6.45) is 0. The van der Waals surface area contributed by atoms with Gasteiger partial charge in [-0.2, -0.15) is 0 Å². The Morgan fingerprint density at radius 2 is 1.61 bits per heavy atom. The second kappa shape index (κ2) is 9.66. The first-order chi connectivity index (χ1) is 14.8. The van der Waals surface area contributed by atoms with Gasteiger partial charge >= 0.3 is 0 Å². The molecule has 0 spiro atoms. The average molecular weight is 439 g/mol. The number of hydrogen-bond donors (Lipinski definition) is 1. The minimum Gasteiger partial charge on any atom is -0.492 e. The number of nitrogens with zero attached hydrogens (tertiary/aromatic N) is 1. The van der Waals surface area contributed by atoms with Gasteiger partial charge in [0.1, 0.15) is 12.3 Å². The number of sulfonamides is 1. The average Bonchev–Trinajstić information content (AvgIpc) is 2.76. The molecule has 0 saturated heterocycles. The van der Waals surface area contributed by atoms with Crippen molar-refractivity contribution in [2.24, 2.45) is 0 Å². The molecule has 3 aromatic rings. The largest absolute Gasteiger partial charge is 0.492 e. The van der Waals surface area contributed by atoms with Crippen molar-refractivity contribution in [1.82, 2.24) is 0 Å². The van der Waals surface area contributed by atoms with Crippen LogP contribution in [0.15, 0.2) is 77.7 Å². The first-order valence-electron chi connectivity index (χ1n) is 9.99. The van der Waals surface area contributed by atoms with Crippen LogP contribution in [0.25, 0.3) is 0 Å². The fourth-order valence-electron chi connectivity index (χ4n) is 3.11. The summed E-state index contributed by atoms with van der Waals surface area (Å²) in [6.45, 7) is 5.73. The van der Waals surface area contributed by atoms with E-state index in [1.54, 1.807) is 48.5 Å². The number of rotatable bonds is 8. The highest BCUT2D eigenvalue weighted by Crippen LogP contribution is 2.32. The van der Waals surface area contributed by atoms with E-state index in [9.17, 15) is 13.2 Å². The molecule has 1 N–H and O–H groups in total. The van der Waals surface area contributed by atoms with Crippen LogP contribution in [-0.4, -0.2) is 27.5 Å². The van der Waals surface area contributed by atoms with Gasteiger partial charge in [0.25, 0.3) is 10.0 Å². The van der Waals surface area contributed by atoms with Gasteiger partial charge in [0.05, 0.1) is 17.2 Å². The molecule has 162 valence electrons. The van der Waals surface area contributed by atoms with Gasteiger partial charge in [-0.05, 0) is 68.3 Å². The van der Waals surface area contributed by atoms with E-state index in [2.05, 4.69) is 5.32 Å². The lowest BCUT2D eigenvalue weighted by Crippen LogP contribution is -2.38. The highest BCUT2D eigenvalue weighted by molar-refractivity contribution is 7.92. The number of hydrogen-bond acceptors (Lipinski definition) is 4. The minimum atomic E-state index is -4.00. The lowest BCUT2D eigenvalue weighted by atomic mass is 10.1. The summed E-state index contributed by atoms with van der Waals surface area (Å²) >= 11 is 0. The number of anilines is 2. The number of ether oxygens (including phenoxy) is 1. The number of amides is 1. The molecule has 31 heavy (non-hydrogen) atoms. The van der Waals surface area contributed by atoms with Crippen molar-refractivity contribution < 1.29 is 17.9 Å². The molecule has 0 atom stereocenters. The molecule has 6 nitrogen and oxygen atoms in total. The zero-order valence-corrected chi connectivity index (χ0v) is 18.6. The Balaban J connectivity index is 1.98. The van der Waals surface area contributed by atoms with Crippen molar-refractivity contribution in [1.29, 1.82) is 0 Å². The van der Waals surface area contributed by atoms with Gasteiger partial charge in [-0.1, -0.05) is 36.4 Å². The van der Waals surface area contributed by atoms with Crippen LogP contribution in [0.5, 0.6) is 5.75 Å². The van der Waals surface area contributed by atoms with Crippen LogP contribution in [0.4, 0.5) is 11.4 Å². The van der Waals surface area contributed by atoms with Crippen LogP contribution in [-0.2, 0) is 14.8 Å². The SMILES string of the molecule is CCOc1ccccc1N(CC(=O)Nc1ccc(C)c(C)c1)S(=O)(=O)c1ccccc1. The molecule has 0 aliphatic carbocycles. The number of nitrogens with one attached hydrogen (secondary N) is 1.